The zero-order chi connectivity index (χ0) is 31.3. The molecule has 3 aromatic heterocycles. The molecule has 10 rings (SSSR count). The fourth-order valence-electron chi connectivity index (χ4n) is 7.85. The minimum Gasteiger partial charge on any atom is -0.309 e. The van der Waals surface area contributed by atoms with E-state index in [1.807, 2.05) is 11.3 Å². The average molecular weight is 620 g/mol. The molecule has 0 aliphatic heterocycles. The van der Waals surface area contributed by atoms with E-state index in [2.05, 4.69) is 158 Å². The second-order valence-corrected chi connectivity index (χ2v) is 14.0. The van der Waals surface area contributed by atoms with E-state index in [1.54, 1.807) is 0 Å². The number of nitrogens with zero attached hydrogens (tertiary/aromatic N) is 3. The summed E-state index contributed by atoms with van der Waals surface area (Å²) >= 11 is 1.89. The molecule has 0 amide bonds. The molecule has 222 valence electrons. The Morgan fingerprint density at radius 1 is 0.574 bits per heavy atom. The van der Waals surface area contributed by atoms with Crippen LogP contribution in [0.5, 0.6) is 0 Å². The molecular formula is C43H29N3S. The highest BCUT2D eigenvalue weighted by atomic mass is 32.1. The van der Waals surface area contributed by atoms with E-state index in [0.717, 1.165) is 34.0 Å². The Labute approximate surface area is 276 Å². The van der Waals surface area contributed by atoms with Crippen LogP contribution in [0, 0.1) is 0 Å². The smallest absolute Gasteiger partial charge is 0.160 e. The topological polar surface area (TPSA) is 30.7 Å². The van der Waals surface area contributed by atoms with Crippen LogP contribution in [-0.2, 0) is 5.41 Å². The van der Waals surface area contributed by atoms with Gasteiger partial charge < -0.3 is 4.57 Å². The van der Waals surface area contributed by atoms with Gasteiger partial charge in [0, 0.05) is 64.3 Å². The minimum absolute atomic E-state index is 0.210. The fraction of sp³-hybridized carbons (Fsp3) is 0.0698. The first-order valence-electron chi connectivity index (χ1n) is 16.1. The number of para-hydroxylation sites is 1. The summed E-state index contributed by atoms with van der Waals surface area (Å²) in [6.07, 6.45) is 0. The fourth-order valence-corrected chi connectivity index (χ4v) is 9.11. The van der Waals surface area contributed by atoms with Crippen LogP contribution in [0.4, 0.5) is 0 Å². The van der Waals surface area contributed by atoms with Crippen molar-refractivity contribution in [3.63, 3.8) is 0 Å². The molecule has 0 atom stereocenters. The van der Waals surface area contributed by atoms with Gasteiger partial charge in [0.15, 0.2) is 5.82 Å². The van der Waals surface area contributed by atoms with Crippen molar-refractivity contribution >= 4 is 53.3 Å². The molecule has 3 heterocycles. The number of benzene rings is 6. The van der Waals surface area contributed by atoms with Gasteiger partial charge in [-0.15, -0.1) is 11.3 Å². The zero-order valence-electron chi connectivity index (χ0n) is 26.0. The largest absolute Gasteiger partial charge is 0.309 e. The second-order valence-electron chi connectivity index (χ2n) is 13.0. The van der Waals surface area contributed by atoms with Gasteiger partial charge in [-0.2, -0.15) is 0 Å². The first-order valence-corrected chi connectivity index (χ1v) is 16.9. The van der Waals surface area contributed by atoms with Crippen LogP contribution in [0.3, 0.4) is 0 Å². The summed E-state index contributed by atoms with van der Waals surface area (Å²) < 4.78 is 5.06. The number of thiophene rings is 1. The lowest BCUT2D eigenvalue weighted by Gasteiger charge is -2.23. The van der Waals surface area contributed by atoms with Gasteiger partial charge in [0.1, 0.15) is 0 Å². The third-order valence-corrected chi connectivity index (χ3v) is 11.2. The first-order chi connectivity index (χ1) is 23.1. The maximum absolute atomic E-state index is 5.36. The summed E-state index contributed by atoms with van der Waals surface area (Å²) in [5, 5.41) is 5.21. The Bertz CT molecular complexity index is 2710. The summed E-state index contributed by atoms with van der Waals surface area (Å²) in [5.74, 6) is 0.740. The van der Waals surface area contributed by atoms with Crippen molar-refractivity contribution in [2.75, 3.05) is 0 Å². The van der Waals surface area contributed by atoms with E-state index < -0.39 is 0 Å². The van der Waals surface area contributed by atoms with E-state index in [4.69, 9.17) is 9.97 Å². The summed E-state index contributed by atoms with van der Waals surface area (Å²) in [4.78, 5) is 10.7. The van der Waals surface area contributed by atoms with Gasteiger partial charge in [0.05, 0.1) is 22.4 Å². The van der Waals surface area contributed by atoms with E-state index in [1.165, 1.54) is 58.7 Å². The molecule has 3 nitrogen and oxygen atoms in total. The van der Waals surface area contributed by atoms with E-state index in [9.17, 15) is 0 Å². The van der Waals surface area contributed by atoms with Crippen molar-refractivity contribution in [1.29, 1.82) is 0 Å². The SMILES string of the molecule is CC1(C)c2ccccc2-c2nc(-c3cccc(-n4c5ccccc5c5c6sc7ccccc7c6ccc54)c3)nc(-c3ccccc3)c21. The van der Waals surface area contributed by atoms with Crippen molar-refractivity contribution < 1.29 is 0 Å². The number of hydrogen-bond acceptors (Lipinski definition) is 3. The maximum atomic E-state index is 5.36. The van der Waals surface area contributed by atoms with E-state index in [-0.39, 0.29) is 5.41 Å². The molecule has 0 fully saturated rings. The predicted octanol–water partition coefficient (Wildman–Crippen LogP) is 11.6. The summed E-state index contributed by atoms with van der Waals surface area (Å²) in [5.41, 5.74) is 11.1. The van der Waals surface area contributed by atoms with Crippen molar-refractivity contribution in [2.24, 2.45) is 0 Å². The quantitative estimate of drug-likeness (QED) is 0.197. The Morgan fingerprint density at radius 3 is 2.19 bits per heavy atom. The second kappa shape index (κ2) is 9.71. The number of hydrogen-bond donors (Lipinski definition) is 0. The molecule has 0 bridgehead atoms. The molecule has 1 aliphatic carbocycles. The molecule has 1 aliphatic rings. The first kappa shape index (κ1) is 26.6. The lowest BCUT2D eigenvalue weighted by atomic mass is 9.81. The van der Waals surface area contributed by atoms with E-state index in [0.29, 0.717) is 0 Å². The van der Waals surface area contributed by atoms with Gasteiger partial charge in [-0.1, -0.05) is 123 Å². The Balaban J connectivity index is 1.22. The Morgan fingerprint density at radius 2 is 1.30 bits per heavy atom. The summed E-state index contributed by atoms with van der Waals surface area (Å²) in [6, 6.07) is 50.1. The van der Waals surface area contributed by atoms with Crippen molar-refractivity contribution in [3.8, 4) is 39.6 Å². The molecule has 9 aromatic rings. The highest BCUT2D eigenvalue weighted by Crippen LogP contribution is 2.51. The van der Waals surface area contributed by atoms with Crippen molar-refractivity contribution in [1.82, 2.24) is 14.5 Å². The van der Waals surface area contributed by atoms with Gasteiger partial charge in [-0.3, -0.25) is 0 Å². The Kier molecular flexibility index (Phi) is 5.50. The molecule has 0 saturated carbocycles. The van der Waals surface area contributed by atoms with Crippen LogP contribution in [0.1, 0.15) is 25.0 Å². The normalized spacial score (nSPS) is 13.5. The third kappa shape index (κ3) is 3.73. The van der Waals surface area contributed by atoms with Gasteiger partial charge in [0.2, 0.25) is 0 Å². The molecule has 6 aromatic carbocycles. The molecule has 4 heteroatoms. The molecular weight excluding hydrogens is 591 g/mol. The molecule has 0 N–H and O–H groups in total. The number of aromatic nitrogens is 3. The summed E-state index contributed by atoms with van der Waals surface area (Å²) in [6.45, 7) is 4.59. The van der Waals surface area contributed by atoms with Crippen LogP contribution in [0.2, 0.25) is 0 Å². The zero-order valence-corrected chi connectivity index (χ0v) is 26.8. The molecule has 0 saturated heterocycles. The van der Waals surface area contributed by atoms with Crippen LogP contribution < -0.4 is 0 Å². The monoisotopic (exact) mass is 619 g/mol. The van der Waals surface area contributed by atoms with Gasteiger partial charge >= 0.3 is 0 Å². The standard InChI is InChI=1S/C43H29N3S/c1-43(2)33-20-9-6-18-31(33)40-38(43)39(26-13-4-3-5-14-26)44-42(45-40)27-15-12-16-28(25-27)46-34-21-10-7-19-32(34)37-35(46)24-23-30-29-17-8-11-22-36(29)47-41(30)37/h3-25H,1-2H3. The maximum Gasteiger partial charge on any atom is 0.160 e. The van der Waals surface area contributed by atoms with Gasteiger partial charge in [-0.25, -0.2) is 9.97 Å². The predicted molar refractivity (Wildman–Crippen MR) is 198 cm³/mol. The number of fused-ring (bicyclic) bond motifs is 10. The molecule has 0 spiro atoms. The average Bonchev–Trinajstić information content (AvgIpc) is 3.74. The molecule has 0 unspecified atom stereocenters. The lowest BCUT2D eigenvalue weighted by Crippen LogP contribution is -2.17. The highest BCUT2D eigenvalue weighted by Gasteiger charge is 2.40. The number of rotatable bonds is 3. The van der Waals surface area contributed by atoms with Crippen LogP contribution in [0.15, 0.2) is 140 Å². The third-order valence-electron chi connectivity index (χ3n) is 9.98. The van der Waals surface area contributed by atoms with Gasteiger partial charge in [0.25, 0.3) is 0 Å². The van der Waals surface area contributed by atoms with Crippen LogP contribution in [-0.4, -0.2) is 14.5 Å². The van der Waals surface area contributed by atoms with Crippen molar-refractivity contribution in [2.45, 2.75) is 19.3 Å². The molecule has 0 radical (unpaired) electrons. The van der Waals surface area contributed by atoms with Crippen LogP contribution in [0.25, 0.3) is 81.6 Å². The van der Waals surface area contributed by atoms with Crippen molar-refractivity contribution in [3.05, 3.63) is 151 Å². The molecule has 47 heavy (non-hydrogen) atoms. The summed E-state index contributed by atoms with van der Waals surface area (Å²) in [7, 11) is 0. The lowest BCUT2D eigenvalue weighted by molar-refractivity contribution is 0.658. The minimum atomic E-state index is -0.210. The highest BCUT2D eigenvalue weighted by molar-refractivity contribution is 7.26. The van der Waals surface area contributed by atoms with Crippen LogP contribution >= 0.6 is 11.3 Å². The van der Waals surface area contributed by atoms with Gasteiger partial charge in [-0.05, 0) is 35.9 Å². The van der Waals surface area contributed by atoms with E-state index >= 15 is 0 Å². The Hall–Kier alpha value is -5.58.